The van der Waals surface area contributed by atoms with Gasteiger partial charge in [0.15, 0.2) is 0 Å². The lowest BCUT2D eigenvalue weighted by molar-refractivity contribution is -0.120. The van der Waals surface area contributed by atoms with Crippen LogP contribution in [-0.4, -0.2) is 15.6 Å². The van der Waals surface area contributed by atoms with E-state index in [4.69, 9.17) is 0 Å². The van der Waals surface area contributed by atoms with E-state index in [0.717, 1.165) is 35.2 Å². The molecule has 0 saturated heterocycles. The predicted octanol–water partition coefficient (Wildman–Crippen LogP) is 3.68. The van der Waals surface area contributed by atoms with E-state index in [2.05, 4.69) is 47.0 Å². The van der Waals surface area contributed by atoms with Crippen LogP contribution in [0.2, 0.25) is 0 Å². The summed E-state index contributed by atoms with van der Waals surface area (Å²) in [5.41, 5.74) is 4.57. The van der Waals surface area contributed by atoms with Crippen LogP contribution in [0.3, 0.4) is 0 Å². The summed E-state index contributed by atoms with van der Waals surface area (Å²) in [7, 11) is 0. The van der Waals surface area contributed by atoms with E-state index < -0.39 is 0 Å². The molecule has 0 aliphatic heterocycles. The summed E-state index contributed by atoms with van der Waals surface area (Å²) < 4.78 is 2.96. The Morgan fingerprint density at radius 2 is 2.14 bits per heavy atom. The first-order valence-corrected chi connectivity index (χ1v) is 8.29. The second-order valence-corrected chi connectivity index (χ2v) is 6.27. The maximum absolute atomic E-state index is 12.6. The number of Topliss-reactive ketones (excluding diaryl/α,β-unsaturated/α-hetero) is 1. The standard InChI is InChI=1S/C17H19BrN2O/c1-3-14-17(18)15(20(4-2)19-14)10-16(21)13-9-11-7-5-6-8-12(11)13/h5-8,13H,3-4,9-10H2,1-2H3. The first-order chi connectivity index (χ1) is 10.2. The molecule has 21 heavy (non-hydrogen) atoms. The van der Waals surface area contributed by atoms with Crippen molar-refractivity contribution in [3.8, 4) is 0 Å². The lowest BCUT2D eigenvalue weighted by atomic mass is 9.74. The number of hydrogen-bond donors (Lipinski definition) is 0. The van der Waals surface area contributed by atoms with Gasteiger partial charge in [0.2, 0.25) is 0 Å². The van der Waals surface area contributed by atoms with Gasteiger partial charge in [-0.25, -0.2) is 0 Å². The van der Waals surface area contributed by atoms with Crippen molar-refractivity contribution in [2.75, 3.05) is 0 Å². The molecular weight excluding hydrogens is 328 g/mol. The van der Waals surface area contributed by atoms with Crippen molar-refractivity contribution < 1.29 is 4.79 Å². The van der Waals surface area contributed by atoms with Crippen molar-refractivity contribution in [1.82, 2.24) is 9.78 Å². The number of ketones is 1. The molecule has 1 aromatic heterocycles. The zero-order valence-corrected chi connectivity index (χ0v) is 14.0. The summed E-state index contributed by atoms with van der Waals surface area (Å²) in [6.07, 6.45) is 2.22. The number of benzene rings is 1. The molecule has 0 radical (unpaired) electrons. The quantitative estimate of drug-likeness (QED) is 0.827. The van der Waals surface area contributed by atoms with E-state index in [9.17, 15) is 4.79 Å². The number of halogens is 1. The molecule has 0 spiro atoms. The highest BCUT2D eigenvalue weighted by atomic mass is 79.9. The van der Waals surface area contributed by atoms with E-state index in [0.29, 0.717) is 12.2 Å². The van der Waals surface area contributed by atoms with Crippen LogP contribution in [0.25, 0.3) is 0 Å². The van der Waals surface area contributed by atoms with Crippen molar-refractivity contribution >= 4 is 21.7 Å². The number of rotatable bonds is 5. The van der Waals surface area contributed by atoms with Crippen LogP contribution >= 0.6 is 15.9 Å². The molecule has 1 unspecified atom stereocenters. The number of carbonyl (C=O) groups is 1. The van der Waals surface area contributed by atoms with Crippen LogP contribution < -0.4 is 0 Å². The van der Waals surface area contributed by atoms with Crippen LogP contribution in [0.4, 0.5) is 0 Å². The highest BCUT2D eigenvalue weighted by Gasteiger charge is 2.32. The topological polar surface area (TPSA) is 34.9 Å². The molecule has 2 aromatic rings. The monoisotopic (exact) mass is 346 g/mol. The Morgan fingerprint density at radius 1 is 1.38 bits per heavy atom. The first-order valence-electron chi connectivity index (χ1n) is 7.50. The average Bonchev–Trinajstić information content (AvgIpc) is 2.76. The molecule has 0 saturated carbocycles. The average molecular weight is 347 g/mol. The van der Waals surface area contributed by atoms with Crippen LogP contribution in [0.5, 0.6) is 0 Å². The lowest BCUT2D eigenvalue weighted by Gasteiger charge is -2.28. The number of fused-ring (bicyclic) bond motifs is 1. The zero-order chi connectivity index (χ0) is 15.0. The van der Waals surface area contributed by atoms with Gasteiger partial charge in [0.25, 0.3) is 0 Å². The summed E-state index contributed by atoms with van der Waals surface area (Å²) in [4.78, 5) is 12.6. The molecule has 1 atom stereocenters. The van der Waals surface area contributed by atoms with Gasteiger partial charge in [0.05, 0.1) is 22.3 Å². The minimum Gasteiger partial charge on any atom is -0.299 e. The Morgan fingerprint density at radius 3 is 2.81 bits per heavy atom. The SMILES string of the molecule is CCc1nn(CC)c(CC(=O)C2Cc3ccccc32)c1Br. The summed E-state index contributed by atoms with van der Waals surface area (Å²) in [6, 6.07) is 8.24. The number of hydrogen-bond acceptors (Lipinski definition) is 2. The van der Waals surface area contributed by atoms with E-state index >= 15 is 0 Å². The molecule has 1 aliphatic rings. The van der Waals surface area contributed by atoms with E-state index in [1.807, 2.05) is 16.8 Å². The molecule has 1 aliphatic carbocycles. The van der Waals surface area contributed by atoms with E-state index in [-0.39, 0.29) is 5.92 Å². The summed E-state index contributed by atoms with van der Waals surface area (Å²) in [6.45, 7) is 4.94. The minimum atomic E-state index is 0.0679. The normalized spacial score (nSPS) is 16.4. The highest BCUT2D eigenvalue weighted by molar-refractivity contribution is 9.10. The van der Waals surface area contributed by atoms with Gasteiger partial charge in [-0.2, -0.15) is 5.10 Å². The lowest BCUT2D eigenvalue weighted by Crippen LogP contribution is -2.27. The molecular formula is C17H19BrN2O. The van der Waals surface area contributed by atoms with Gasteiger partial charge < -0.3 is 0 Å². The fraction of sp³-hybridized carbons (Fsp3) is 0.412. The number of carbonyl (C=O) groups excluding carboxylic acids is 1. The van der Waals surface area contributed by atoms with Gasteiger partial charge in [-0.1, -0.05) is 31.2 Å². The molecule has 3 rings (SSSR count). The minimum absolute atomic E-state index is 0.0679. The van der Waals surface area contributed by atoms with Gasteiger partial charge in [0.1, 0.15) is 5.78 Å². The van der Waals surface area contributed by atoms with Gasteiger partial charge in [-0.3, -0.25) is 9.48 Å². The largest absolute Gasteiger partial charge is 0.299 e. The number of nitrogens with zero attached hydrogens (tertiary/aromatic N) is 2. The van der Waals surface area contributed by atoms with Gasteiger partial charge >= 0.3 is 0 Å². The number of aryl methyl sites for hydroxylation is 2. The summed E-state index contributed by atoms with van der Waals surface area (Å²) in [5.74, 6) is 0.366. The molecule has 0 amide bonds. The van der Waals surface area contributed by atoms with Gasteiger partial charge in [-0.05, 0) is 46.8 Å². The fourth-order valence-corrected chi connectivity index (χ4v) is 3.73. The Kier molecular flexibility index (Phi) is 3.98. The third kappa shape index (κ3) is 2.46. The molecule has 4 heteroatoms. The maximum Gasteiger partial charge on any atom is 0.146 e. The van der Waals surface area contributed by atoms with Gasteiger partial charge in [0, 0.05) is 12.5 Å². The van der Waals surface area contributed by atoms with Crippen molar-refractivity contribution in [2.24, 2.45) is 0 Å². The number of aromatic nitrogens is 2. The first kappa shape index (κ1) is 14.5. The fourth-order valence-electron chi connectivity index (χ4n) is 3.02. The van der Waals surface area contributed by atoms with Crippen LogP contribution in [0.15, 0.2) is 28.7 Å². The molecule has 1 aromatic carbocycles. The Hall–Kier alpha value is -1.42. The molecule has 0 bridgehead atoms. The summed E-state index contributed by atoms with van der Waals surface area (Å²) in [5, 5.41) is 4.56. The Balaban J connectivity index is 1.82. The Labute approximate surface area is 133 Å². The molecule has 110 valence electrons. The molecule has 0 fully saturated rings. The van der Waals surface area contributed by atoms with Gasteiger partial charge in [-0.15, -0.1) is 0 Å². The van der Waals surface area contributed by atoms with Crippen molar-refractivity contribution in [1.29, 1.82) is 0 Å². The zero-order valence-electron chi connectivity index (χ0n) is 12.4. The highest BCUT2D eigenvalue weighted by Crippen LogP contribution is 2.36. The van der Waals surface area contributed by atoms with Crippen molar-refractivity contribution in [3.63, 3.8) is 0 Å². The maximum atomic E-state index is 12.6. The van der Waals surface area contributed by atoms with Crippen LogP contribution in [-0.2, 0) is 30.6 Å². The van der Waals surface area contributed by atoms with E-state index in [1.165, 1.54) is 11.1 Å². The summed E-state index contributed by atoms with van der Waals surface area (Å²) >= 11 is 3.62. The molecule has 3 nitrogen and oxygen atoms in total. The molecule has 0 N–H and O–H groups in total. The molecule has 1 heterocycles. The van der Waals surface area contributed by atoms with Crippen LogP contribution in [0, 0.1) is 0 Å². The Bertz CT molecular complexity index is 690. The van der Waals surface area contributed by atoms with Crippen molar-refractivity contribution in [2.45, 2.75) is 45.6 Å². The van der Waals surface area contributed by atoms with E-state index in [1.54, 1.807) is 0 Å². The third-order valence-electron chi connectivity index (χ3n) is 4.28. The smallest absolute Gasteiger partial charge is 0.146 e. The van der Waals surface area contributed by atoms with Crippen molar-refractivity contribution in [3.05, 3.63) is 51.3 Å². The second kappa shape index (κ2) is 5.76. The second-order valence-electron chi connectivity index (χ2n) is 5.48. The third-order valence-corrected chi connectivity index (χ3v) is 5.19. The predicted molar refractivity (Wildman–Crippen MR) is 86.6 cm³/mol. The van der Waals surface area contributed by atoms with Crippen LogP contribution in [0.1, 0.15) is 42.3 Å².